The summed E-state index contributed by atoms with van der Waals surface area (Å²) in [5.74, 6) is 0.897. The number of rotatable bonds is 4. The van der Waals surface area contributed by atoms with E-state index >= 15 is 0 Å². The lowest BCUT2D eigenvalue weighted by atomic mass is 10.1. The van der Waals surface area contributed by atoms with Crippen LogP contribution in [-0.4, -0.2) is 5.01 Å². The van der Waals surface area contributed by atoms with Gasteiger partial charge in [0, 0.05) is 0 Å². The summed E-state index contributed by atoms with van der Waals surface area (Å²) >= 11 is 3.45. The van der Waals surface area contributed by atoms with Crippen LogP contribution in [0.1, 0.15) is 13.3 Å². The van der Waals surface area contributed by atoms with Gasteiger partial charge in [-0.2, -0.15) is 0 Å². The molecule has 2 aromatic rings. The molecule has 88 valence electrons. The van der Waals surface area contributed by atoms with Crippen LogP contribution in [0, 0.1) is 0 Å². The van der Waals surface area contributed by atoms with Crippen molar-refractivity contribution in [3.05, 3.63) is 54.6 Å². The molecule has 0 fully saturated rings. The van der Waals surface area contributed by atoms with Crippen LogP contribution in [0.25, 0.3) is 11.1 Å². The maximum atomic E-state index is 5.67. The van der Waals surface area contributed by atoms with E-state index in [-0.39, 0.29) is 5.01 Å². The SMILES string of the molecule is CCC(Br)Oc1ccc(-c2ccccc2)cc1. The van der Waals surface area contributed by atoms with Crippen molar-refractivity contribution in [3.8, 4) is 16.9 Å². The van der Waals surface area contributed by atoms with E-state index in [0.29, 0.717) is 0 Å². The molecule has 0 N–H and O–H groups in total. The predicted molar refractivity (Wildman–Crippen MR) is 75.5 cm³/mol. The molecule has 1 unspecified atom stereocenters. The number of hydrogen-bond acceptors (Lipinski definition) is 1. The number of alkyl halides is 1. The molecule has 0 amide bonds. The fourth-order valence-corrected chi connectivity index (χ4v) is 1.80. The highest BCUT2D eigenvalue weighted by molar-refractivity contribution is 9.09. The van der Waals surface area contributed by atoms with Gasteiger partial charge in [0.05, 0.1) is 0 Å². The van der Waals surface area contributed by atoms with Gasteiger partial charge in [0.25, 0.3) is 0 Å². The first-order valence-electron chi connectivity index (χ1n) is 5.76. The summed E-state index contributed by atoms with van der Waals surface area (Å²) in [6.45, 7) is 2.08. The van der Waals surface area contributed by atoms with Crippen LogP contribution in [0.15, 0.2) is 54.6 Å². The molecular formula is C15H15BrO. The van der Waals surface area contributed by atoms with Gasteiger partial charge in [-0.25, -0.2) is 0 Å². The Morgan fingerprint density at radius 3 is 2.12 bits per heavy atom. The van der Waals surface area contributed by atoms with Gasteiger partial charge >= 0.3 is 0 Å². The lowest BCUT2D eigenvalue weighted by Gasteiger charge is -2.11. The number of ether oxygens (including phenoxy) is 1. The molecular weight excluding hydrogens is 276 g/mol. The summed E-state index contributed by atoms with van der Waals surface area (Å²) in [5.41, 5.74) is 2.44. The van der Waals surface area contributed by atoms with Crippen molar-refractivity contribution in [3.63, 3.8) is 0 Å². The topological polar surface area (TPSA) is 9.23 Å². The molecule has 2 rings (SSSR count). The van der Waals surface area contributed by atoms with E-state index in [2.05, 4.69) is 47.1 Å². The molecule has 0 bridgehead atoms. The first-order chi connectivity index (χ1) is 8.29. The molecule has 0 aliphatic rings. The van der Waals surface area contributed by atoms with Gasteiger partial charge < -0.3 is 4.74 Å². The number of halogens is 1. The van der Waals surface area contributed by atoms with Crippen LogP contribution < -0.4 is 4.74 Å². The molecule has 0 aromatic heterocycles. The fraction of sp³-hybridized carbons (Fsp3) is 0.200. The molecule has 1 atom stereocenters. The van der Waals surface area contributed by atoms with Crippen molar-refractivity contribution in [1.82, 2.24) is 0 Å². The fourth-order valence-electron chi connectivity index (χ4n) is 1.59. The van der Waals surface area contributed by atoms with Gasteiger partial charge in [0.15, 0.2) is 5.01 Å². The third kappa shape index (κ3) is 3.34. The minimum atomic E-state index is 0.0880. The zero-order chi connectivity index (χ0) is 12.1. The Balaban J connectivity index is 2.13. The molecule has 0 heterocycles. The van der Waals surface area contributed by atoms with Crippen molar-refractivity contribution < 1.29 is 4.74 Å². The Labute approximate surface area is 111 Å². The monoisotopic (exact) mass is 290 g/mol. The molecule has 0 aliphatic carbocycles. The minimum Gasteiger partial charge on any atom is -0.479 e. The number of benzene rings is 2. The highest BCUT2D eigenvalue weighted by Crippen LogP contribution is 2.23. The van der Waals surface area contributed by atoms with Gasteiger partial charge in [-0.05, 0) is 45.6 Å². The van der Waals surface area contributed by atoms with Crippen molar-refractivity contribution >= 4 is 15.9 Å². The smallest absolute Gasteiger partial charge is 0.153 e. The van der Waals surface area contributed by atoms with E-state index in [1.54, 1.807) is 0 Å². The predicted octanol–water partition coefficient (Wildman–Crippen LogP) is 4.86. The number of hydrogen-bond donors (Lipinski definition) is 0. The van der Waals surface area contributed by atoms with Crippen LogP contribution in [-0.2, 0) is 0 Å². The second-order valence-corrected chi connectivity index (χ2v) is 4.85. The van der Waals surface area contributed by atoms with Crippen LogP contribution in [0.3, 0.4) is 0 Å². The average Bonchev–Trinajstić information content (AvgIpc) is 2.40. The average molecular weight is 291 g/mol. The van der Waals surface area contributed by atoms with E-state index in [4.69, 9.17) is 4.74 Å². The van der Waals surface area contributed by atoms with Crippen molar-refractivity contribution in [2.45, 2.75) is 18.4 Å². The summed E-state index contributed by atoms with van der Waals surface area (Å²) in [7, 11) is 0. The summed E-state index contributed by atoms with van der Waals surface area (Å²) in [6, 6.07) is 18.5. The van der Waals surface area contributed by atoms with Crippen LogP contribution in [0.5, 0.6) is 5.75 Å². The standard InChI is InChI=1S/C15H15BrO/c1-2-15(16)17-14-10-8-13(9-11-14)12-6-4-3-5-7-12/h3-11,15H,2H2,1H3. The molecule has 0 saturated carbocycles. The quantitative estimate of drug-likeness (QED) is 0.731. The van der Waals surface area contributed by atoms with E-state index < -0.39 is 0 Å². The second-order valence-electron chi connectivity index (χ2n) is 3.83. The highest BCUT2D eigenvalue weighted by Gasteiger charge is 2.02. The van der Waals surface area contributed by atoms with Crippen molar-refractivity contribution in [2.24, 2.45) is 0 Å². The van der Waals surface area contributed by atoms with E-state index in [0.717, 1.165) is 12.2 Å². The Bertz CT molecular complexity index is 450. The van der Waals surface area contributed by atoms with Crippen molar-refractivity contribution in [2.75, 3.05) is 0 Å². The lowest BCUT2D eigenvalue weighted by molar-refractivity contribution is 0.290. The highest BCUT2D eigenvalue weighted by atomic mass is 79.9. The Morgan fingerprint density at radius 1 is 0.941 bits per heavy atom. The molecule has 0 radical (unpaired) electrons. The third-order valence-corrected chi connectivity index (χ3v) is 3.38. The van der Waals surface area contributed by atoms with Crippen LogP contribution in [0.4, 0.5) is 0 Å². The largest absolute Gasteiger partial charge is 0.479 e. The van der Waals surface area contributed by atoms with E-state index in [1.165, 1.54) is 11.1 Å². The molecule has 0 saturated heterocycles. The zero-order valence-electron chi connectivity index (χ0n) is 9.77. The molecule has 2 heteroatoms. The van der Waals surface area contributed by atoms with Gasteiger partial charge in [-0.15, -0.1) is 0 Å². The molecule has 1 nitrogen and oxygen atoms in total. The Hall–Kier alpha value is -1.28. The molecule has 17 heavy (non-hydrogen) atoms. The maximum Gasteiger partial charge on any atom is 0.153 e. The lowest BCUT2D eigenvalue weighted by Crippen LogP contribution is -2.05. The molecule has 0 aliphatic heterocycles. The Kier molecular flexibility index (Phi) is 4.21. The minimum absolute atomic E-state index is 0.0880. The van der Waals surface area contributed by atoms with Gasteiger partial charge in [-0.3, -0.25) is 0 Å². The van der Waals surface area contributed by atoms with Gasteiger partial charge in [-0.1, -0.05) is 49.4 Å². The first kappa shape index (κ1) is 12.2. The van der Waals surface area contributed by atoms with Crippen LogP contribution in [0.2, 0.25) is 0 Å². The van der Waals surface area contributed by atoms with Crippen LogP contribution >= 0.6 is 15.9 Å². The molecule has 0 spiro atoms. The normalized spacial score (nSPS) is 12.1. The van der Waals surface area contributed by atoms with E-state index in [1.807, 2.05) is 30.3 Å². The zero-order valence-corrected chi connectivity index (χ0v) is 11.4. The summed E-state index contributed by atoms with van der Waals surface area (Å²) in [6.07, 6.45) is 0.945. The molecule has 2 aromatic carbocycles. The second kappa shape index (κ2) is 5.87. The van der Waals surface area contributed by atoms with E-state index in [9.17, 15) is 0 Å². The maximum absolute atomic E-state index is 5.67. The summed E-state index contributed by atoms with van der Waals surface area (Å²) in [4.78, 5) is 0. The third-order valence-electron chi connectivity index (χ3n) is 2.55. The van der Waals surface area contributed by atoms with Gasteiger partial charge in [0.2, 0.25) is 0 Å². The first-order valence-corrected chi connectivity index (χ1v) is 6.67. The van der Waals surface area contributed by atoms with Crippen molar-refractivity contribution in [1.29, 1.82) is 0 Å². The van der Waals surface area contributed by atoms with Gasteiger partial charge in [0.1, 0.15) is 5.75 Å². The Morgan fingerprint density at radius 2 is 1.53 bits per heavy atom. The summed E-state index contributed by atoms with van der Waals surface area (Å²) in [5, 5.41) is 0.0880. The summed E-state index contributed by atoms with van der Waals surface area (Å²) < 4.78 is 5.67.